The Morgan fingerprint density at radius 2 is 1.94 bits per heavy atom. The van der Waals surface area contributed by atoms with Crippen molar-refractivity contribution in [2.75, 3.05) is 11.9 Å². The van der Waals surface area contributed by atoms with Crippen molar-refractivity contribution in [3.8, 4) is 0 Å². The number of nitrogens with zero attached hydrogens (tertiary/aromatic N) is 6. The lowest BCUT2D eigenvalue weighted by Gasteiger charge is -2.25. The number of carbonyl (C=O) groups excluding carboxylic acids is 1. The van der Waals surface area contributed by atoms with Crippen molar-refractivity contribution < 1.29 is 4.79 Å². The van der Waals surface area contributed by atoms with Gasteiger partial charge < -0.3 is 9.88 Å². The van der Waals surface area contributed by atoms with Crippen molar-refractivity contribution in [1.29, 1.82) is 0 Å². The molecule has 1 N–H and O–H groups in total. The maximum absolute atomic E-state index is 12.6. The van der Waals surface area contributed by atoms with Gasteiger partial charge in [0.25, 0.3) is 5.56 Å². The van der Waals surface area contributed by atoms with E-state index >= 15 is 0 Å². The van der Waals surface area contributed by atoms with Crippen molar-refractivity contribution in [3.63, 3.8) is 0 Å². The molecule has 0 atom stereocenters. The van der Waals surface area contributed by atoms with Crippen LogP contribution < -0.4 is 16.6 Å². The van der Waals surface area contributed by atoms with Crippen LogP contribution in [0.4, 0.5) is 5.13 Å². The summed E-state index contributed by atoms with van der Waals surface area (Å²) in [5.74, 6) is -0.109. The Labute approximate surface area is 205 Å². The lowest BCUT2D eigenvalue weighted by atomic mass is 10.1. The number of anilines is 1. The highest BCUT2D eigenvalue weighted by atomic mass is 32.1. The summed E-state index contributed by atoms with van der Waals surface area (Å²) in [7, 11) is 3.03. The van der Waals surface area contributed by atoms with E-state index in [9.17, 15) is 14.4 Å². The van der Waals surface area contributed by atoms with Crippen molar-refractivity contribution in [2.24, 2.45) is 14.1 Å². The third-order valence-electron chi connectivity index (χ3n) is 6.33. The number of thiazole rings is 1. The van der Waals surface area contributed by atoms with E-state index in [2.05, 4.69) is 44.5 Å². The van der Waals surface area contributed by atoms with Crippen LogP contribution in [-0.2, 0) is 44.9 Å². The highest BCUT2D eigenvalue weighted by molar-refractivity contribution is 7.15. The van der Waals surface area contributed by atoms with Crippen LogP contribution in [-0.4, -0.2) is 41.0 Å². The molecule has 0 spiro atoms. The number of carbonyl (C=O) groups is 1. The van der Waals surface area contributed by atoms with E-state index in [0.29, 0.717) is 29.3 Å². The molecular formula is C24H27N7O3S. The molecule has 0 radical (unpaired) electrons. The molecule has 1 aliphatic rings. The first-order valence-corrected chi connectivity index (χ1v) is 12.4. The number of nitrogens with one attached hydrogen (secondary N) is 1. The molecule has 0 saturated carbocycles. The maximum atomic E-state index is 12.6. The molecule has 0 fully saturated rings. The minimum absolute atomic E-state index is 0.109. The first kappa shape index (κ1) is 23.2. The normalized spacial score (nSPS) is 13.8. The first-order chi connectivity index (χ1) is 16.9. The van der Waals surface area contributed by atoms with Crippen LogP contribution in [0.1, 0.15) is 29.0 Å². The summed E-state index contributed by atoms with van der Waals surface area (Å²) in [4.78, 5) is 49.6. The van der Waals surface area contributed by atoms with Crippen molar-refractivity contribution in [2.45, 2.75) is 38.9 Å². The summed E-state index contributed by atoms with van der Waals surface area (Å²) < 4.78 is 4.12. The number of imidazole rings is 1. The molecule has 1 amide bonds. The van der Waals surface area contributed by atoms with Crippen molar-refractivity contribution in [1.82, 2.24) is 28.6 Å². The van der Waals surface area contributed by atoms with Gasteiger partial charge >= 0.3 is 5.69 Å². The summed E-state index contributed by atoms with van der Waals surface area (Å²) in [6.45, 7) is 3.13. The van der Waals surface area contributed by atoms with E-state index in [1.165, 1.54) is 22.1 Å². The second-order valence-corrected chi connectivity index (χ2v) is 9.89. The van der Waals surface area contributed by atoms with E-state index in [4.69, 9.17) is 0 Å². The largest absolute Gasteiger partial charge is 0.332 e. The van der Waals surface area contributed by atoms with E-state index in [1.807, 2.05) is 6.07 Å². The monoisotopic (exact) mass is 493 g/mol. The Balaban J connectivity index is 1.17. The minimum atomic E-state index is -0.415. The average Bonchev–Trinajstić information content (AvgIpc) is 3.45. The van der Waals surface area contributed by atoms with Crippen LogP contribution in [0, 0.1) is 0 Å². The van der Waals surface area contributed by atoms with Gasteiger partial charge in [0.2, 0.25) is 5.91 Å². The van der Waals surface area contributed by atoms with Crippen molar-refractivity contribution in [3.05, 3.63) is 73.6 Å². The first-order valence-electron chi connectivity index (χ1n) is 11.6. The highest BCUT2D eigenvalue weighted by Gasteiger charge is 2.21. The summed E-state index contributed by atoms with van der Waals surface area (Å²) in [6.07, 6.45) is 3.23. The van der Waals surface area contributed by atoms with Gasteiger partial charge in [0, 0.05) is 58.0 Å². The molecule has 3 aromatic heterocycles. The number of rotatable bonds is 7. The van der Waals surface area contributed by atoms with E-state index < -0.39 is 5.69 Å². The SMILES string of the molecule is Cn1c(=O)c2c(ncn2CCCC(=O)Nc2nc3c(s2)CN(Cc2ccccc2)CC3)n(C)c1=O. The smallest absolute Gasteiger partial charge is 0.325 e. The van der Waals surface area contributed by atoms with Gasteiger partial charge in [-0.1, -0.05) is 30.3 Å². The van der Waals surface area contributed by atoms with E-state index in [-0.39, 0.29) is 17.9 Å². The Morgan fingerprint density at radius 3 is 2.74 bits per heavy atom. The topological polar surface area (TPSA) is 107 Å². The van der Waals surface area contributed by atoms with Crippen LogP contribution in [0.25, 0.3) is 11.2 Å². The molecule has 0 aliphatic carbocycles. The minimum Gasteiger partial charge on any atom is -0.325 e. The molecule has 10 nitrogen and oxygen atoms in total. The summed E-state index contributed by atoms with van der Waals surface area (Å²) in [5.41, 5.74) is 2.27. The van der Waals surface area contributed by atoms with Crippen LogP contribution in [0.15, 0.2) is 46.2 Å². The van der Waals surface area contributed by atoms with Gasteiger partial charge in [-0.3, -0.25) is 23.6 Å². The van der Waals surface area contributed by atoms with Gasteiger partial charge in [-0.05, 0) is 12.0 Å². The maximum Gasteiger partial charge on any atom is 0.332 e. The van der Waals surface area contributed by atoms with Crippen molar-refractivity contribution >= 4 is 33.5 Å². The zero-order valence-electron chi connectivity index (χ0n) is 19.7. The zero-order chi connectivity index (χ0) is 24.5. The Morgan fingerprint density at radius 1 is 1.14 bits per heavy atom. The standard InChI is InChI=1S/C24H27N7O3S/c1-28-21-20(22(33)29(2)24(28)34)31(15-25-21)11-6-9-19(32)27-23-26-17-10-12-30(14-18(17)35-23)13-16-7-4-3-5-8-16/h3-5,7-8,15H,6,9-14H2,1-2H3,(H,26,27,32). The molecule has 182 valence electrons. The van der Waals surface area contributed by atoms with Crippen LogP contribution in [0.5, 0.6) is 0 Å². The molecular weight excluding hydrogens is 466 g/mol. The second kappa shape index (κ2) is 9.59. The summed E-state index contributed by atoms with van der Waals surface area (Å²) in [6, 6.07) is 10.4. The molecule has 4 aromatic rings. The fourth-order valence-electron chi connectivity index (χ4n) is 4.44. The van der Waals surface area contributed by atoms with Crippen LogP contribution in [0.2, 0.25) is 0 Å². The van der Waals surface area contributed by atoms with Gasteiger partial charge in [0.1, 0.15) is 0 Å². The molecule has 0 bridgehead atoms. The summed E-state index contributed by atoms with van der Waals surface area (Å²) in [5, 5.41) is 3.57. The van der Waals surface area contributed by atoms with E-state index in [1.54, 1.807) is 29.3 Å². The van der Waals surface area contributed by atoms with Gasteiger partial charge in [-0.15, -0.1) is 11.3 Å². The molecule has 1 aromatic carbocycles. The molecule has 0 unspecified atom stereocenters. The molecule has 5 rings (SSSR count). The molecule has 11 heteroatoms. The predicted molar refractivity (Wildman–Crippen MR) is 134 cm³/mol. The lowest BCUT2D eigenvalue weighted by Crippen LogP contribution is -2.37. The number of amides is 1. The third-order valence-corrected chi connectivity index (χ3v) is 7.32. The Bertz CT molecular complexity index is 1500. The van der Waals surface area contributed by atoms with Gasteiger partial charge in [-0.25, -0.2) is 14.8 Å². The number of aromatic nitrogens is 5. The van der Waals surface area contributed by atoms with Crippen LogP contribution >= 0.6 is 11.3 Å². The average molecular weight is 494 g/mol. The van der Waals surface area contributed by atoms with Gasteiger partial charge in [-0.2, -0.15) is 0 Å². The zero-order valence-corrected chi connectivity index (χ0v) is 20.5. The second-order valence-electron chi connectivity index (χ2n) is 8.80. The van der Waals surface area contributed by atoms with Crippen LogP contribution in [0.3, 0.4) is 0 Å². The fraction of sp³-hybridized carbons (Fsp3) is 0.375. The molecule has 0 saturated heterocycles. The third kappa shape index (κ3) is 4.69. The van der Waals surface area contributed by atoms with Gasteiger partial charge in [0.05, 0.1) is 12.0 Å². The Kier molecular flexibility index (Phi) is 6.35. The highest BCUT2D eigenvalue weighted by Crippen LogP contribution is 2.29. The van der Waals surface area contributed by atoms with E-state index in [0.717, 1.165) is 36.3 Å². The number of hydrogen-bond acceptors (Lipinski definition) is 7. The number of benzene rings is 1. The molecule has 1 aliphatic heterocycles. The quantitative estimate of drug-likeness (QED) is 0.421. The lowest BCUT2D eigenvalue weighted by molar-refractivity contribution is -0.116. The number of fused-ring (bicyclic) bond motifs is 2. The Hall–Kier alpha value is -3.57. The molecule has 4 heterocycles. The number of aryl methyl sites for hydroxylation is 2. The summed E-state index contributed by atoms with van der Waals surface area (Å²) >= 11 is 1.54. The predicted octanol–water partition coefficient (Wildman–Crippen LogP) is 1.87. The fourth-order valence-corrected chi connectivity index (χ4v) is 5.50. The number of hydrogen-bond donors (Lipinski definition) is 1. The van der Waals surface area contributed by atoms with Gasteiger partial charge in [0.15, 0.2) is 16.3 Å². The molecule has 35 heavy (non-hydrogen) atoms.